The Labute approximate surface area is 146 Å². The van der Waals surface area contributed by atoms with Gasteiger partial charge < -0.3 is 20.1 Å². The number of hydrogen-bond acceptors (Lipinski definition) is 4. The maximum absolute atomic E-state index is 12.3. The summed E-state index contributed by atoms with van der Waals surface area (Å²) in [4.78, 5) is 24.0. The number of ether oxygens (including phenoxy) is 2. The third-order valence-corrected chi connectivity index (χ3v) is 4.41. The number of hydrogen-bond donors (Lipinski definition) is 2. The van der Waals surface area contributed by atoms with E-state index in [4.69, 9.17) is 21.1 Å². The maximum atomic E-state index is 12.3. The lowest BCUT2D eigenvalue weighted by atomic mass is 10.0. The van der Waals surface area contributed by atoms with Crippen LogP contribution in [0.2, 0.25) is 5.02 Å². The van der Waals surface area contributed by atoms with E-state index < -0.39 is 12.0 Å². The lowest BCUT2D eigenvalue weighted by molar-refractivity contribution is -0.141. The van der Waals surface area contributed by atoms with E-state index in [2.05, 4.69) is 10.6 Å². The van der Waals surface area contributed by atoms with Crippen LogP contribution >= 0.6 is 11.6 Å². The molecule has 0 aromatic heterocycles. The molecule has 7 heteroatoms. The Morgan fingerprint density at radius 3 is 2.75 bits per heavy atom. The Hall–Kier alpha value is -1.79. The minimum absolute atomic E-state index is 0.00195. The monoisotopic (exact) mass is 354 g/mol. The number of benzene rings is 1. The fourth-order valence-corrected chi connectivity index (χ4v) is 3.01. The number of nitrogens with one attached hydrogen (secondary N) is 2. The number of halogens is 1. The quantitative estimate of drug-likeness (QED) is 0.770. The molecule has 1 saturated heterocycles. The first-order valence-electron chi connectivity index (χ1n) is 8.01. The highest BCUT2D eigenvalue weighted by molar-refractivity contribution is 6.31. The van der Waals surface area contributed by atoms with Crippen molar-refractivity contribution in [1.82, 2.24) is 10.6 Å². The normalized spacial score (nSPS) is 19.4. The summed E-state index contributed by atoms with van der Waals surface area (Å²) < 4.78 is 10.3. The zero-order valence-corrected chi connectivity index (χ0v) is 14.6. The predicted molar refractivity (Wildman–Crippen MR) is 90.9 cm³/mol. The lowest BCUT2D eigenvalue weighted by Crippen LogP contribution is -2.47. The van der Waals surface area contributed by atoms with Crippen LogP contribution in [0.3, 0.4) is 0 Å². The minimum Gasteiger partial charge on any atom is -0.469 e. The predicted octanol–water partition coefficient (Wildman–Crippen LogP) is 2.81. The molecule has 6 nitrogen and oxygen atoms in total. The van der Waals surface area contributed by atoms with E-state index in [1.165, 1.54) is 7.11 Å². The molecule has 0 saturated carbocycles. The summed E-state index contributed by atoms with van der Waals surface area (Å²) in [5, 5.41) is 6.15. The molecule has 24 heavy (non-hydrogen) atoms. The summed E-state index contributed by atoms with van der Waals surface area (Å²) >= 11 is 6.19. The van der Waals surface area contributed by atoms with Crippen molar-refractivity contribution in [2.45, 2.75) is 44.4 Å². The summed E-state index contributed by atoms with van der Waals surface area (Å²) in [6.45, 7) is 2.63. The topological polar surface area (TPSA) is 76.7 Å². The van der Waals surface area contributed by atoms with Gasteiger partial charge in [-0.1, -0.05) is 29.8 Å². The van der Waals surface area contributed by atoms with E-state index in [-0.39, 0.29) is 24.6 Å². The van der Waals surface area contributed by atoms with Gasteiger partial charge in [0.25, 0.3) is 0 Å². The van der Waals surface area contributed by atoms with Crippen LogP contribution in [0.4, 0.5) is 4.79 Å². The Morgan fingerprint density at radius 2 is 2.12 bits per heavy atom. The molecule has 1 aromatic carbocycles. The Kier molecular flexibility index (Phi) is 6.87. The van der Waals surface area contributed by atoms with Crippen molar-refractivity contribution < 1.29 is 19.1 Å². The van der Waals surface area contributed by atoms with Gasteiger partial charge in [-0.05, 0) is 31.4 Å². The van der Waals surface area contributed by atoms with Crippen molar-refractivity contribution in [3.63, 3.8) is 0 Å². The highest BCUT2D eigenvalue weighted by Crippen LogP contribution is 2.25. The molecule has 0 spiro atoms. The molecule has 0 radical (unpaired) electrons. The van der Waals surface area contributed by atoms with Gasteiger partial charge in [0.1, 0.15) is 0 Å². The molecule has 1 fully saturated rings. The second kappa shape index (κ2) is 8.89. The second-order valence-corrected chi connectivity index (χ2v) is 6.22. The van der Waals surface area contributed by atoms with Crippen LogP contribution in [0.25, 0.3) is 0 Å². The van der Waals surface area contributed by atoms with Crippen LogP contribution in [0.1, 0.15) is 37.8 Å². The lowest BCUT2D eigenvalue weighted by Gasteiger charge is -2.24. The molecule has 1 aromatic rings. The molecular formula is C17H23ClN2O4. The van der Waals surface area contributed by atoms with Crippen LogP contribution in [0, 0.1) is 0 Å². The van der Waals surface area contributed by atoms with Crippen molar-refractivity contribution in [1.29, 1.82) is 0 Å². The van der Waals surface area contributed by atoms with Crippen molar-refractivity contribution in [3.05, 3.63) is 34.9 Å². The number of esters is 1. The van der Waals surface area contributed by atoms with Crippen LogP contribution in [-0.4, -0.2) is 37.9 Å². The smallest absolute Gasteiger partial charge is 0.315 e. The summed E-state index contributed by atoms with van der Waals surface area (Å²) in [6.07, 6.45) is 1.96. The molecule has 0 bridgehead atoms. The van der Waals surface area contributed by atoms with Gasteiger partial charge in [0.2, 0.25) is 0 Å². The average Bonchev–Trinajstić information content (AvgIpc) is 3.09. The molecule has 2 N–H and O–H groups in total. The molecule has 3 atom stereocenters. The van der Waals surface area contributed by atoms with Gasteiger partial charge in [-0.2, -0.15) is 0 Å². The highest BCUT2D eigenvalue weighted by atomic mass is 35.5. The number of methoxy groups -OCH3 is 1. The van der Waals surface area contributed by atoms with Gasteiger partial charge in [-0.3, -0.25) is 4.79 Å². The first-order valence-corrected chi connectivity index (χ1v) is 8.39. The van der Waals surface area contributed by atoms with E-state index in [9.17, 15) is 9.59 Å². The SMILES string of the molecule is COC(=O)CC(NC(=O)NC(C)C1CCCO1)c1ccccc1Cl. The van der Waals surface area contributed by atoms with E-state index in [1.54, 1.807) is 24.3 Å². The first-order chi connectivity index (χ1) is 11.5. The summed E-state index contributed by atoms with van der Waals surface area (Å²) in [6, 6.07) is 6.04. The number of rotatable bonds is 6. The summed E-state index contributed by atoms with van der Waals surface area (Å²) in [5.41, 5.74) is 0.671. The number of urea groups is 1. The average molecular weight is 355 g/mol. The Bertz CT molecular complexity index is 575. The highest BCUT2D eigenvalue weighted by Gasteiger charge is 2.26. The van der Waals surface area contributed by atoms with Crippen molar-refractivity contribution in [3.8, 4) is 0 Å². The van der Waals surface area contributed by atoms with Gasteiger partial charge in [0, 0.05) is 11.6 Å². The van der Waals surface area contributed by atoms with E-state index in [1.807, 2.05) is 6.92 Å². The standard InChI is InChI=1S/C17H23ClN2O4/c1-11(15-8-5-9-24-15)19-17(22)20-14(10-16(21)23-2)12-6-3-4-7-13(12)18/h3-4,6-7,11,14-15H,5,8-10H2,1-2H3,(H2,19,20,22). The fraction of sp³-hybridized carbons (Fsp3) is 0.529. The first kappa shape index (κ1) is 18.5. The van der Waals surface area contributed by atoms with Crippen molar-refractivity contribution >= 4 is 23.6 Å². The van der Waals surface area contributed by atoms with E-state index in [0.29, 0.717) is 10.6 Å². The zero-order valence-electron chi connectivity index (χ0n) is 13.9. The van der Waals surface area contributed by atoms with Crippen LogP contribution in [-0.2, 0) is 14.3 Å². The molecular weight excluding hydrogens is 332 g/mol. The molecule has 3 unspecified atom stereocenters. The van der Waals surface area contributed by atoms with Gasteiger partial charge in [0.05, 0.1) is 31.7 Å². The van der Waals surface area contributed by atoms with Gasteiger partial charge in [0.15, 0.2) is 0 Å². The number of amides is 2. The van der Waals surface area contributed by atoms with Crippen molar-refractivity contribution in [2.24, 2.45) is 0 Å². The largest absolute Gasteiger partial charge is 0.469 e. The summed E-state index contributed by atoms with van der Waals surface area (Å²) in [7, 11) is 1.31. The molecule has 0 aliphatic carbocycles. The van der Waals surface area contributed by atoms with Gasteiger partial charge in [-0.25, -0.2) is 4.79 Å². The van der Waals surface area contributed by atoms with E-state index >= 15 is 0 Å². The van der Waals surface area contributed by atoms with Crippen LogP contribution < -0.4 is 10.6 Å². The molecule has 2 amide bonds. The Balaban J connectivity index is 2.02. The third kappa shape index (κ3) is 5.11. The van der Waals surface area contributed by atoms with Gasteiger partial charge in [-0.15, -0.1) is 0 Å². The zero-order chi connectivity index (χ0) is 17.5. The Morgan fingerprint density at radius 1 is 1.38 bits per heavy atom. The van der Waals surface area contributed by atoms with Gasteiger partial charge >= 0.3 is 12.0 Å². The number of carbonyl (C=O) groups is 2. The number of carbonyl (C=O) groups excluding carboxylic acids is 2. The van der Waals surface area contributed by atoms with E-state index in [0.717, 1.165) is 19.4 Å². The maximum Gasteiger partial charge on any atom is 0.315 e. The second-order valence-electron chi connectivity index (χ2n) is 5.81. The minimum atomic E-state index is -0.567. The molecule has 1 heterocycles. The van der Waals surface area contributed by atoms with Crippen LogP contribution in [0.5, 0.6) is 0 Å². The van der Waals surface area contributed by atoms with Crippen molar-refractivity contribution in [2.75, 3.05) is 13.7 Å². The molecule has 2 rings (SSSR count). The molecule has 1 aliphatic rings. The third-order valence-electron chi connectivity index (χ3n) is 4.07. The summed E-state index contributed by atoms with van der Waals surface area (Å²) in [5.74, 6) is -0.424. The molecule has 1 aliphatic heterocycles. The molecule has 132 valence electrons. The van der Waals surface area contributed by atoms with Crippen LogP contribution in [0.15, 0.2) is 24.3 Å². The fourth-order valence-electron chi connectivity index (χ4n) is 2.74.